The van der Waals surface area contributed by atoms with Crippen molar-refractivity contribution < 1.29 is 4.79 Å². The molecule has 3 aromatic heterocycles. The van der Waals surface area contributed by atoms with Gasteiger partial charge < -0.3 is 19.6 Å². The summed E-state index contributed by atoms with van der Waals surface area (Å²) in [6, 6.07) is 7.48. The van der Waals surface area contributed by atoms with Gasteiger partial charge in [0.15, 0.2) is 0 Å². The number of unbranched alkanes of at least 4 members (excludes halogenated alkanes) is 7. The fourth-order valence-corrected chi connectivity index (χ4v) is 5.75. The molecule has 5 rings (SSSR count). The number of nitrogens with one attached hydrogen (secondary N) is 1. The van der Waals surface area contributed by atoms with Crippen LogP contribution in [0.3, 0.4) is 0 Å². The lowest BCUT2D eigenvalue weighted by Crippen LogP contribution is -2.49. The van der Waals surface area contributed by atoms with E-state index in [4.69, 9.17) is 10.5 Å². The van der Waals surface area contributed by atoms with Gasteiger partial charge in [-0.1, -0.05) is 38.5 Å². The molecule has 43 heavy (non-hydrogen) atoms. The van der Waals surface area contributed by atoms with Crippen LogP contribution in [0.5, 0.6) is 0 Å². The van der Waals surface area contributed by atoms with Crippen molar-refractivity contribution >= 4 is 23.6 Å². The van der Waals surface area contributed by atoms with Crippen molar-refractivity contribution in [3.63, 3.8) is 0 Å². The minimum absolute atomic E-state index is 0.279. The van der Waals surface area contributed by atoms with E-state index >= 15 is 0 Å². The van der Waals surface area contributed by atoms with Crippen LogP contribution in [0.15, 0.2) is 49.1 Å². The molecule has 230 valence electrons. The second-order valence-corrected chi connectivity index (χ2v) is 11.3. The molecule has 5 heterocycles. The number of carbonyl (C=O) groups excluding carboxylic acids is 1. The van der Waals surface area contributed by atoms with Crippen LogP contribution in [0.2, 0.25) is 0 Å². The molecule has 3 aromatic rings. The van der Waals surface area contributed by atoms with E-state index < -0.39 is 0 Å². The number of aryl methyl sites for hydroxylation is 1. The lowest BCUT2D eigenvalue weighted by Gasteiger charge is -2.35. The van der Waals surface area contributed by atoms with Gasteiger partial charge in [-0.05, 0) is 37.1 Å². The van der Waals surface area contributed by atoms with Gasteiger partial charge in [-0.2, -0.15) is 5.10 Å². The zero-order valence-electron chi connectivity index (χ0n) is 25.2. The van der Waals surface area contributed by atoms with E-state index in [0.717, 1.165) is 102 Å². The summed E-state index contributed by atoms with van der Waals surface area (Å²) >= 11 is 0. The fraction of sp³-hybridized carbons (Fsp3) is 0.581. The van der Waals surface area contributed by atoms with Crippen molar-refractivity contribution in [2.75, 3.05) is 67.1 Å². The Morgan fingerprint density at radius 2 is 1.12 bits per heavy atom. The second-order valence-electron chi connectivity index (χ2n) is 11.3. The molecule has 12 nitrogen and oxygen atoms in total. The van der Waals surface area contributed by atoms with Gasteiger partial charge in [-0.25, -0.2) is 24.6 Å². The lowest BCUT2D eigenvalue weighted by molar-refractivity contribution is -0.131. The van der Waals surface area contributed by atoms with Crippen LogP contribution >= 0.6 is 0 Å². The molecule has 2 aliphatic heterocycles. The van der Waals surface area contributed by atoms with Gasteiger partial charge in [-0.3, -0.25) is 10.2 Å². The van der Waals surface area contributed by atoms with Gasteiger partial charge >= 0.3 is 0 Å². The van der Waals surface area contributed by atoms with Crippen molar-refractivity contribution in [3.8, 4) is 0 Å². The Balaban J connectivity index is 0.898. The van der Waals surface area contributed by atoms with Crippen molar-refractivity contribution in [1.82, 2.24) is 34.6 Å². The number of hydrogen-bond donors (Lipinski definition) is 1. The van der Waals surface area contributed by atoms with E-state index in [2.05, 4.69) is 34.6 Å². The third-order valence-corrected chi connectivity index (χ3v) is 8.31. The highest BCUT2D eigenvalue weighted by atomic mass is 16.2. The van der Waals surface area contributed by atoms with Crippen molar-refractivity contribution in [3.05, 3.63) is 54.5 Å². The number of carbonyl (C=O) groups is 1. The number of hydrogen-bond acceptors (Lipinski definition) is 10. The summed E-state index contributed by atoms with van der Waals surface area (Å²) in [6.07, 6.45) is 16.8. The molecule has 0 saturated carbocycles. The SMILES string of the molecule is N=c1ccc(N2CCN(c3ncccn3)CC2)nn1CCCCCCCCCCC(=O)N1CCN(c2ncccn2)CC1. The molecule has 0 aromatic carbocycles. The molecule has 2 saturated heterocycles. The molecular formula is C31H45N11O. The summed E-state index contributed by atoms with van der Waals surface area (Å²) in [5.41, 5.74) is 0.460. The summed E-state index contributed by atoms with van der Waals surface area (Å²) in [5, 5.41) is 13.1. The molecule has 0 aliphatic carbocycles. The van der Waals surface area contributed by atoms with E-state index in [9.17, 15) is 4.79 Å². The van der Waals surface area contributed by atoms with E-state index in [1.165, 1.54) is 25.7 Å². The molecule has 0 bridgehead atoms. The van der Waals surface area contributed by atoms with Gasteiger partial charge in [0.2, 0.25) is 17.8 Å². The van der Waals surface area contributed by atoms with E-state index in [0.29, 0.717) is 11.9 Å². The van der Waals surface area contributed by atoms with Crippen LogP contribution in [0.1, 0.15) is 57.8 Å². The first-order valence-corrected chi connectivity index (χ1v) is 15.9. The highest BCUT2D eigenvalue weighted by molar-refractivity contribution is 5.76. The van der Waals surface area contributed by atoms with Crippen LogP contribution in [0.25, 0.3) is 0 Å². The predicted octanol–water partition coefficient (Wildman–Crippen LogP) is 3.13. The van der Waals surface area contributed by atoms with Gasteiger partial charge in [0.05, 0.1) is 0 Å². The van der Waals surface area contributed by atoms with Gasteiger partial charge in [-0.15, -0.1) is 0 Å². The first-order chi connectivity index (χ1) is 21.2. The molecular weight excluding hydrogens is 542 g/mol. The number of amides is 1. The Morgan fingerprint density at radius 1 is 0.628 bits per heavy atom. The highest BCUT2D eigenvalue weighted by Gasteiger charge is 2.22. The summed E-state index contributed by atoms with van der Waals surface area (Å²) in [4.78, 5) is 38.6. The number of nitrogens with zero attached hydrogens (tertiary/aromatic N) is 10. The molecule has 12 heteroatoms. The molecule has 0 atom stereocenters. The monoisotopic (exact) mass is 587 g/mol. The van der Waals surface area contributed by atoms with E-state index in [1.807, 2.05) is 33.8 Å². The number of aromatic nitrogens is 6. The topological polar surface area (TPSA) is 123 Å². The Hall–Kier alpha value is -4.09. The molecule has 0 unspecified atom stereocenters. The molecule has 0 radical (unpaired) electrons. The average Bonchev–Trinajstić information content (AvgIpc) is 3.07. The van der Waals surface area contributed by atoms with Crippen molar-refractivity contribution in [2.24, 2.45) is 0 Å². The summed E-state index contributed by atoms with van der Waals surface area (Å²) in [7, 11) is 0. The zero-order valence-corrected chi connectivity index (χ0v) is 25.2. The Kier molecular flexibility index (Phi) is 11.3. The van der Waals surface area contributed by atoms with Crippen LogP contribution in [0.4, 0.5) is 17.7 Å². The smallest absolute Gasteiger partial charge is 0.225 e. The van der Waals surface area contributed by atoms with Crippen LogP contribution in [-0.4, -0.2) is 92.9 Å². The van der Waals surface area contributed by atoms with Gasteiger partial charge in [0.1, 0.15) is 11.3 Å². The number of piperazine rings is 2. The largest absolute Gasteiger partial charge is 0.352 e. The van der Waals surface area contributed by atoms with Gasteiger partial charge in [0.25, 0.3) is 0 Å². The number of anilines is 3. The summed E-state index contributed by atoms with van der Waals surface area (Å²) in [5.74, 6) is 2.75. The summed E-state index contributed by atoms with van der Waals surface area (Å²) in [6.45, 7) is 7.29. The van der Waals surface area contributed by atoms with E-state index in [1.54, 1.807) is 24.8 Å². The Morgan fingerprint density at radius 3 is 1.70 bits per heavy atom. The standard InChI is InChI=1S/C31H45N11O/c32-27-12-13-28(38-19-23-40(24-20-38)30-33-14-9-15-34-30)37-42(27)18-8-6-4-2-1-3-5-7-11-29(43)39-21-25-41(26-22-39)31-35-16-10-17-36-31/h9-10,12-17,32H,1-8,11,18-26H2. The molecule has 1 N–H and O–H groups in total. The Labute approximate surface area is 254 Å². The average molecular weight is 588 g/mol. The lowest BCUT2D eigenvalue weighted by atomic mass is 10.1. The molecule has 2 fully saturated rings. The van der Waals surface area contributed by atoms with Crippen LogP contribution in [-0.2, 0) is 11.3 Å². The highest BCUT2D eigenvalue weighted by Crippen LogP contribution is 2.16. The summed E-state index contributed by atoms with van der Waals surface area (Å²) < 4.78 is 1.84. The predicted molar refractivity (Wildman–Crippen MR) is 167 cm³/mol. The molecule has 0 spiro atoms. The minimum Gasteiger partial charge on any atom is -0.352 e. The zero-order chi connectivity index (χ0) is 29.7. The fourth-order valence-electron chi connectivity index (χ4n) is 5.75. The second kappa shape index (κ2) is 15.9. The maximum Gasteiger partial charge on any atom is 0.225 e. The normalized spacial score (nSPS) is 15.6. The quantitative estimate of drug-likeness (QED) is 0.283. The third kappa shape index (κ3) is 8.95. The first-order valence-electron chi connectivity index (χ1n) is 15.9. The molecule has 1 amide bonds. The van der Waals surface area contributed by atoms with Crippen molar-refractivity contribution in [2.45, 2.75) is 64.3 Å². The maximum atomic E-state index is 12.6. The van der Waals surface area contributed by atoms with Crippen LogP contribution in [0, 0.1) is 5.41 Å². The maximum absolute atomic E-state index is 12.6. The van der Waals surface area contributed by atoms with Crippen LogP contribution < -0.4 is 20.2 Å². The van der Waals surface area contributed by atoms with Gasteiger partial charge in [0, 0.05) is 90.1 Å². The third-order valence-electron chi connectivity index (χ3n) is 8.31. The first kappa shape index (κ1) is 30.4. The molecule has 2 aliphatic rings. The Bertz CT molecular complexity index is 1300. The number of rotatable bonds is 14. The minimum atomic E-state index is 0.279. The van der Waals surface area contributed by atoms with E-state index in [-0.39, 0.29) is 5.91 Å². The van der Waals surface area contributed by atoms with Crippen molar-refractivity contribution in [1.29, 1.82) is 5.41 Å².